The summed E-state index contributed by atoms with van der Waals surface area (Å²) in [5.74, 6) is -0.408. The molecule has 7 nitrogen and oxygen atoms in total. The number of pyridine rings is 1. The topological polar surface area (TPSA) is 96.1 Å². The zero-order valence-electron chi connectivity index (χ0n) is 17.9. The summed E-state index contributed by atoms with van der Waals surface area (Å²) in [6.45, 7) is 1.32. The normalized spacial score (nSPS) is 11.5. The average molecular weight is 471 g/mol. The summed E-state index contributed by atoms with van der Waals surface area (Å²) in [6.07, 6.45) is -2.17. The molecule has 0 saturated heterocycles. The number of aromatic nitrogens is 2. The highest BCUT2D eigenvalue weighted by Crippen LogP contribution is 2.33. The van der Waals surface area contributed by atoms with Gasteiger partial charge in [-0.15, -0.1) is 0 Å². The molecule has 2 aromatic carbocycles. The Kier molecular flexibility index (Phi) is 6.06. The second-order valence-electron chi connectivity index (χ2n) is 7.65. The number of nitrogens with zero attached hydrogens (tertiary/aromatic N) is 2. The SMILES string of the molecule is Cc1cc(-c2cnc3c(NCCC(F)(F)F)cc(Oc4cccc(O)c4)cn23)ccc1C(=O)O. The molecule has 0 unspecified atom stereocenters. The van der Waals surface area contributed by atoms with Crippen LogP contribution in [-0.2, 0) is 0 Å². The highest BCUT2D eigenvalue weighted by Gasteiger charge is 2.26. The lowest BCUT2D eigenvalue weighted by Crippen LogP contribution is -2.15. The van der Waals surface area contributed by atoms with Crippen LogP contribution < -0.4 is 10.1 Å². The number of alkyl halides is 3. The molecule has 0 atom stereocenters. The minimum absolute atomic E-state index is 0.000538. The minimum Gasteiger partial charge on any atom is -0.508 e. The minimum atomic E-state index is -4.32. The molecule has 2 aromatic heterocycles. The van der Waals surface area contributed by atoms with Crippen molar-refractivity contribution in [2.75, 3.05) is 11.9 Å². The number of imidazole rings is 1. The summed E-state index contributed by atoms with van der Waals surface area (Å²) >= 11 is 0. The molecule has 0 saturated carbocycles. The van der Waals surface area contributed by atoms with E-state index in [0.29, 0.717) is 39.7 Å². The standard InChI is InChI=1S/C24H20F3N3O4/c1-14-9-15(5-6-19(14)23(32)33)21-12-29-22-20(28-8-7-24(25,26)27)11-18(13-30(21)22)34-17-4-2-3-16(31)10-17/h2-6,9-13,28,31H,7-8H2,1H3,(H,32,33). The summed E-state index contributed by atoms with van der Waals surface area (Å²) in [5.41, 5.74) is 2.68. The summed E-state index contributed by atoms with van der Waals surface area (Å²) in [7, 11) is 0. The summed E-state index contributed by atoms with van der Waals surface area (Å²) in [6, 6.07) is 12.5. The Morgan fingerprint density at radius 1 is 1.15 bits per heavy atom. The van der Waals surface area contributed by atoms with Crippen molar-refractivity contribution in [3.8, 4) is 28.5 Å². The van der Waals surface area contributed by atoms with Gasteiger partial charge in [0.25, 0.3) is 0 Å². The quantitative estimate of drug-likeness (QED) is 0.312. The van der Waals surface area contributed by atoms with Crippen LogP contribution in [0.5, 0.6) is 17.2 Å². The van der Waals surface area contributed by atoms with Gasteiger partial charge in [0.2, 0.25) is 0 Å². The van der Waals surface area contributed by atoms with Gasteiger partial charge < -0.3 is 20.3 Å². The van der Waals surface area contributed by atoms with Gasteiger partial charge in [-0.05, 0) is 36.8 Å². The van der Waals surface area contributed by atoms with E-state index in [2.05, 4.69) is 10.3 Å². The number of aromatic carboxylic acids is 1. The molecule has 2 heterocycles. The molecule has 3 N–H and O–H groups in total. The van der Waals surface area contributed by atoms with Crippen molar-refractivity contribution in [2.45, 2.75) is 19.5 Å². The number of carbonyl (C=O) groups is 1. The Bertz CT molecular complexity index is 1370. The van der Waals surface area contributed by atoms with Crippen molar-refractivity contribution >= 4 is 17.3 Å². The first kappa shape index (κ1) is 23.0. The van der Waals surface area contributed by atoms with Crippen molar-refractivity contribution in [3.05, 3.63) is 72.1 Å². The lowest BCUT2D eigenvalue weighted by molar-refractivity contribution is -0.131. The first-order valence-electron chi connectivity index (χ1n) is 10.2. The predicted molar refractivity (Wildman–Crippen MR) is 120 cm³/mol. The number of carboxylic acid groups (broad SMARTS) is 1. The van der Waals surface area contributed by atoms with Crippen LogP contribution >= 0.6 is 0 Å². The van der Waals surface area contributed by atoms with E-state index in [-0.39, 0.29) is 17.9 Å². The van der Waals surface area contributed by atoms with Crippen LogP contribution in [0.2, 0.25) is 0 Å². The Morgan fingerprint density at radius 2 is 1.94 bits per heavy atom. The van der Waals surface area contributed by atoms with Crippen LogP contribution in [0.4, 0.5) is 18.9 Å². The van der Waals surface area contributed by atoms with Crippen LogP contribution in [0.1, 0.15) is 22.3 Å². The Hall–Kier alpha value is -4.21. The van der Waals surface area contributed by atoms with E-state index in [4.69, 9.17) is 4.74 Å². The molecule has 4 aromatic rings. The van der Waals surface area contributed by atoms with Gasteiger partial charge in [-0.3, -0.25) is 4.40 Å². The monoisotopic (exact) mass is 471 g/mol. The van der Waals surface area contributed by atoms with Crippen LogP contribution in [0, 0.1) is 6.92 Å². The maximum absolute atomic E-state index is 12.7. The summed E-state index contributed by atoms with van der Waals surface area (Å²) < 4.78 is 45.5. The van der Waals surface area contributed by atoms with E-state index in [1.54, 1.807) is 48.0 Å². The molecular weight excluding hydrogens is 451 g/mol. The van der Waals surface area contributed by atoms with Gasteiger partial charge >= 0.3 is 12.1 Å². The number of phenolic OH excluding ortho intramolecular Hbond substituents is 1. The number of rotatable bonds is 7. The van der Waals surface area contributed by atoms with Crippen LogP contribution in [0.15, 0.2) is 60.9 Å². The number of anilines is 1. The van der Waals surface area contributed by atoms with E-state index in [9.17, 15) is 28.2 Å². The summed E-state index contributed by atoms with van der Waals surface area (Å²) in [5, 5.41) is 21.8. The number of aryl methyl sites for hydroxylation is 1. The molecule has 0 bridgehead atoms. The molecule has 0 aliphatic heterocycles. The van der Waals surface area contributed by atoms with Crippen molar-refractivity contribution in [1.82, 2.24) is 9.38 Å². The molecule has 34 heavy (non-hydrogen) atoms. The van der Waals surface area contributed by atoms with E-state index in [0.717, 1.165) is 0 Å². The molecule has 0 aliphatic rings. The highest BCUT2D eigenvalue weighted by molar-refractivity contribution is 5.90. The number of benzene rings is 2. The molecule has 10 heteroatoms. The maximum atomic E-state index is 12.7. The fraction of sp³-hybridized carbons (Fsp3) is 0.167. The van der Waals surface area contributed by atoms with Crippen molar-refractivity contribution < 1.29 is 32.9 Å². The number of nitrogens with one attached hydrogen (secondary N) is 1. The zero-order chi connectivity index (χ0) is 24.5. The molecular formula is C24H20F3N3O4. The summed E-state index contributed by atoms with van der Waals surface area (Å²) in [4.78, 5) is 15.7. The molecule has 4 rings (SSSR count). The third-order valence-electron chi connectivity index (χ3n) is 5.11. The first-order valence-corrected chi connectivity index (χ1v) is 10.2. The lowest BCUT2D eigenvalue weighted by Gasteiger charge is -2.14. The number of fused-ring (bicyclic) bond motifs is 1. The van der Waals surface area contributed by atoms with E-state index in [1.807, 2.05) is 0 Å². The van der Waals surface area contributed by atoms with Crippen LogP contribution in [0.3, 0.4) is 0 Å². The van der Waals surface area contributed by atoms with Gasteiger partial charge in [0.1, 0.15) is 17.2 Å². The fourth-order valence-corrected chi connectivity index (χ4v) is 3.55. The predicted octanol–water partition coefficient (Wildman–Crippen LogP) is 5.87. The number of phenols is 1. The van der Waals surface area contributed by atoms with Crippen molar-refractivity contribution in [3.63, 3.8) is 0 Å². The second-order valence-corrected chi connectivity index (χ2v) is 7.65. The smallest absolute Gasteiger partial charge is 0.390 e. The Morgan fingerprint density at radius 3 is 2.62 bits per heavy atom. The van der Waals surface area contributed by atoms with E-state index >= 15 is 0 Å². The van der Waals surface area contributed by atoms with E-state index in [1.165, 1.54) is 24.3 Å². The second kappa shape index (κ2) is 8.97. The lowest BCUT2D eigenvalue weighted by atomic mass is 10.0. The van der Waals surface area contributed by atoms with Gasteiger partial charge in [0.05, 0.1) is 35.8 Å². The Labute approximate surface area is 192 Å². The zero-order valence-corrected chi connectivity index (χ0v) is 17.9. The molecule has 0 amide bonds. The molecule has 0 radical (unpaired) electrons. The van der Waals surface area contributed by atoms with Crippen molar-refractivity contribution in [1.29, 1.82) is 0 Å². The number of carboxylic acids is 1. The largest absolute Gasteiger partial charge is 0.508 e. The van der Waals surface area contributed by atoms with Crippen LogP contribution in [0.25, 0.3) is 16.9 Å². The van der Waals surface area contributed by atoms with E-state index < -0.39 is 18.6 Å². The van der Waals surface area contributed by atoms with Crippen molar-refractivity contribution in [2.24, 2.45) is 0 Å². The number of ether oxygens (including phenoxy) is 1. The Balaban J connectivity index is 1.78. The van der Waals surface area contributed by atoms with Gasteiger partial charge in [-0.1, -0.05) is 12.1 Å². The molecule has 176 valence electrons. The number of halogens is 3. The molecule has 0 fully saturated rings. The molecule has 0 aliphatic carbocycles. The van der Waals surface area contributed by atoms with Gasteiger partial charge in [-0.2, -0.15) is 13.2 Å². The van der Waals surface area contributed by atoms with Gasteiger partial charge in [-0.25, -0.2) is 9.78 Å². The number of hydrogen-bond acceptors (Lipinski definition) is 5. The number of aromatic hydroxyl groups is 1. The first-order chi connectivity index (χ1) is 16.1. The van der Waals surface area contributed by atoms with Gasteiger partial charge in [0.15, 0.2) is 5.65 Å². The fourth-order valence-electron chi connectivity index (χ4n) is 3.55. The maximum Gasteiger partial charge on any atom is 0.390 e. The third kappa shape index (κ3) is 5.06. The number of hydrogen-bond donors (Lipinski definition) is 3. The van der Waals surface area contributed by atoms with Gasteiger partial charge in [0, 0.05) is 24.2 Å². The third-order valence-corrected chi connectivity index (χ3v) is 5.11. The van der Waals surface area contributed by atoms with Crippen LogP contribution in [-0.4, -0.2) is 38.3 Å². The average Bonchev–Trinajstić information content (AvgIpc) is 3.16. The highest BCUT2D eigenvalue weighted by atomic mass is 19.4. The molecule has 0 spiro atoms.